The van der Waals surface area contributed by atoms with E-state index in [4.69, 9.17) is 0 Å². The highest BCUT2D eigenvalue weighted by Crippen LogP contribution is 2.28. The lowest BCUT2D eigenvalue weighted by molar-refractivity contribution is 1.12. The first-order valence-corrected chi connectivity index (χ1v) is 5.66. The van der Waals surface area contributed by atoms with Crippen molar-refractivity contribution in [1.29, 1.82) is 0 Å². The van der Waals surface area contributed by atoms with E-state index in [1.54, 1.807) is 0 Å². The quantitative estimate of drug-likeness (QED) is 0.466. The van der Waals surface area contributed by atoms with E-state index in [0.717, 1.165) is 5.52 Å². The molecule has 88 valence electrons. The molecule has 0 saturated heterocycles. The molecule has 1 heterocycles. The number of benzene rings is 3. The van der Waals surface area contributed by atoms with Gasteiger partial charge in [0.05, 0.1) is 11.7 Å². The second-order valence-electron chi connectivity index (χ2n) is 4.32. The van der Waals surface area contributed by atoms with Crippen LogP contribution in [0, 0.1) is 0 Å². The summed E-state index contributed by atoms with van der Waals surface area (Å²) < 4.78 is 0. The van der Waals surface area contributed by atoms with Gasteiger partial charge in [-0.3, -0.25) is 5.10 Å². The minimum Gasteiger partial charge on any atom is -0.278 e. The highest BCUT2D eigenvalue weighted by atomic mass is 35.5. The molecule has 18 heavy (non-hydrogen) atoms. The number of nitrogens with zero attached hydrogens (tertiary/aromatic N) is 1. The average Bonchev–Trinajstić information content (AvgIpc) is 2.85. The molecular formula is C15H11ClN2. The number of fused-ring (bicyclic) bond motifs is 4. The second-order valence-corrected chi connectivity index (χ2v) is 4.32. The van der Waals surface area contributed by atoms with Crippen LogP contribution in [0.3, 0.4) is 0 Å². The van der Waals surface area contributed by atoms with Gasteiger partial charge in [0.2, 0.25) is 0 Å². The number of hydrogen-bond donors (Lipinski definition) is 1. The van der Waals surface area contributed by atoms with Gasteiger partial charge in [-0.2, -0.15) is 5.10 Å². The van der Waals surface area contributed by atoms with Gasteiger partial charge in [0, 0.05) is 5.39 Å². The van der Waals surface area contributed by atoms with Crippen LogP contribution >= 0.6 is 12.4 Å². The lowest BCUT2D eigenvalue weighted by Gasteiger charge is -2.03. The molecule has 0 bridgehead atoms. The summed E-state index contributed by atoms with van der Waals surface area (Å²) in [5.74, 6) is 0. The number of nitrogens with one attached hydrogen (secondary N) is 1. The van der Waals surface area contributed by atoms with Crippen LogP contribution in [0.4, 0.5) is 0 Å². The minimum absolute atomic E-state index is 0. The molecule has 0 radical (unpaired) electrons. The van der Waals surface area contributed by atoms with Crippen LogP contribution in [0.5, 0.6) is 0 Å². The Balaban J connectivity index is 0.000001000. The number of hydrogen-bond acceptors (Lipinski definition) is 1. The topological polar surface area (TPSA) is 28.7 Å². The Hall–Kier alpha value is -2.06. The lowest BCUT2D eigenvalue weighted by atomic mass is 10.0. The zero-order chi connectivity index (χ0) is 11.2. The van der Waals surface area contributed by atoms with Gasteiger partial charge in [-0.1, -0.05) is 30.3 Å². The lowest BCUT2D eigenvalue weighted by Crippen LogP contribution is -1.77. The summed E-state index contributed by atoms with van der Waals surface area (Å²) in [5, 5.41) is 13.4. The van der Waals surface area contributed by atoms with Gasteiger partial charge in [-0.05, 0) is 39.7 Å². The van der Waals surface area contributed by atoms with Gasteiger partial charge >= 0.3 is 0 Å². The van der Waals surface area contributed by atoms with Crippen LogP contribution in [-0.2, 0) is 0 Å². The van der Waals surface area contributed by atoms with Gasteiger partial charge < -0.3 is 0 Å². The molecule has 0 aliphatic heterocycles. The van der Waals surface area contributed by atoms with E-state index < -0.39 is 0 Å². The standard InChI is InChI=1S/C15H10N2.ClH/c1-2-4-11-8-13-12(7-10(11)3-1)5-6-15-14(13)9-16-17-15;/h1-9H,(H,16,17);1H. The first kappa shape index (κ1) is 11.1. The zero-order valence-electron chi connectivity index (χ0n) is 9.55. The average molecular weight is 255 g/mol. The fourth-order valence-electron chi connectivity index (χ4n) is 2.44. The van der Waals surface area contributed by atoms with Crippen molar-refractivity contribution < 1.29 is 0 Å². The minimum atomic E-state index is 0. The first-order valence-electron chi connectivity index (χ1n) is 5.66. The summed E-state index contributed by atoms with van der Waals surface area (Å²) in [4.78, 5) is 0. The molecule has 3 aromatic carbocycles. The van der Waals surface area contributed by atoms with Gasteiger partial charge in [0.15, 0.2) is 0 Å². The number of aromatic nitrogens is 2. The van der Waals surface area contributed by atoms with E-state index in [9.17, 15) is 0 Å². The van der Waals surface area contributed by atoms with Crippen molar-refractivity contribution in [3.63, 3.8) is 0 Å². The van der Waals surface area contributed by atoms with Crippen LogP contribution in [0.25, 0.3) is 32.4 Å². The third kappa shape index (κ3) is 1.46. The predicted molar refractivity (Wildman–Crippen MR) is 78.4 cm³/mol. The molecular weight excluding hydrogens is 244 g/mol. The number of H-pyrrole nitrogens is 1. The Morgan fingerprint density at radius 3 is 2.39 bits per heavy atom. The van der Waals surface area contributed by atoms with Crippen LogP contribution in [-0.4, -0.2) is 10.2 Å². The number of aromatic amines is 1. The van der Waals surface area contributed by atoms with Crippen LogP contribution in [0.15, 0.2) is 54.7 Å². The van der Waals surface area contributed by atoms with E-state index >= 15 is 0 Å². The van der Waals surface area contributed by atoms with Crippen molar-refractivity contribution in [2.45, 2.75) is 0 Å². The van der Waals surface area contributed by atoms with E-state index in [-0.39, 0.29) is 12.4 Å². The predicted octanol–water partition coefficient (Wildman–Crippen LogP) is 4.29. The Bertz CT molecular complexity index is 849. The van der Waals surface area contributed by atoms with Crippen LogP contribution in [0.2, 0.25) is 0 Å². The second kappa shape index (κ2) is 4.00. The van der Waals surface area contributed by atoms with Gasteiger partial charge in [0.1, 0.15) is 0 Å². The molecule has 1 N–H and O–H groups in total. The van der Waals surface area contributed by atoms with Gasteiger partial charge in [-0.25, -0.2) is 0 Å². The van der Waals surface area contributed by atoms with Crippen molar-refractivity contribution in [2.75, 3.05) is 0 Å². The van der Waals surface area contributed by atoms with Gasteiger partial charge in [0.25, 0.3) is 0 Å². The highest BCUT2D eigenvalue weighted by molar-refractivity contribution is 6.10. The monoisotopic (exact) mass is 254 g/mol. The summed E-state index contributed by atoms with van der Waals surface area (Å²) in [5.41, 5.74) is 1.09. The van der Waals surface area contributed by atoms with E-state index in [1.165, 1.54) is 26.9 Å². The Labute approximate surface area is 110 Å². The fraction of sp³-hybridized carbons (Fsp3) is 0. The van der Waals surface area contributed by atoms with E-state index in [1.807, 2.05) is 6.20 Å². The highest BCUT2D eigenvalue weighted by Gasteiger charge is 2.03. The van der Waals surface area contributed by atoms with Crippen molar-refractivity contribution >= 4 is 44.9 Å². The fourth-order valence-corrected chi connectivity index (χ4v) is 2.44. The summed E-state index contributed by atoms with van der Waals surface area (Å²) in [7, 11) is 0. The molecule has 0 fully saturated rings. The molecule has 0 atom stereocenters. The van der Waals surface area contributed by atoms with Crippen molar-refractivity contribution in [1.82, 2.24) is 10.2 Å². The SMILES string of the molecule is Cl.c1ccc2cc3c(ccc4[nH]ncc43)cc2c1. The Morgan fingerprint density at radius 2 is 1.56 bits per heavy atom. The largest absolute Gasteiger partial charge is 0.278 e. The molecule has 4 rings (SSSR count). The molecule has 2 nitrogen and oxygen atoms in total. The molecule has 0 unspecified atom stereocenters. The van der Waals surface area contributed by atoms with Crippen molar-refractivity contribution in [2.24, 2.45) is 0 Å². The summed E-state index contributed by atoms with van der Waals surface area (Å²) >= 11 is 0. The van der Waals surface area contributed by atoms with Gasteiger partial charge in [-0.15, -0.1) is 12.4 Å². The zero-order valence-corrected chi connectivity index (χ0v) is 10.4. The molecule has 0 saturated carbocycles. The smallest absolute Gasteiger partial charge is 0.0656 e. The third-order valence-corrected chi connectivity index (χ3v) is 3.31. The van der Waals surface area contributed by atoms with E-state index in [2.05, 4.69) is 58.7 Å². The van der Waals surface area contributed by atoms with Crippen molar-refractivity contribution in [3.05, 3.63) is 54.7 Å². The van der Waals surface area contributed by atoms with Crippen LogP contribution in [0.1, 0.15) is 0 Å². The molecule has 0 aliphatic carbocycles. The summed E-state index contributed by atoms with van der Waals surface area (Å²) in [6.45, 7) is 0. The maximum Gasteiger partial charge on any atom is 0.0656 e. The molecule has 4 aromatic rings. The Morgan fingerprint density at radius 1 is 0.778 bits per heavy atom. The van der Waals surface area contributed by atoms with Crippen LogP contribution < -0.4 is 0 Å². The Kier molecular flexibility index (Phi) is 2.46. The maximum absolute atomic E-state index is 4.11. The molecule has 0 spiro atoms. The number of halogens is 1. The molecule has 0 amide bonds. The summed E-state index contributed by atoms with van der Waals surface area (Å²) in [6, 6.07) is 17.1. The third-order valence-electron chi connectivity index (χ3n) is 3.31. The normalized spacial score (nSPS) is 10.9. The van der Waals surface area contributed by atoms with E-state index in [0.29, 0.717) is 0 Å². The first-order chi connectivity index (χ1) is 8.42. The molecule has 1 aromatic heterocycles. The van der Waals surface area contributed by atoms with Crippen molar-refractivity contribution in [3.8, 4) is 0 Å². The maximum atomic E-state index is 4.11. The molecule has 3 heteroatoms. The number of rotatable bonds is 0. The summed E-state index contributed by atoms with van der Waals surface area (Å²) in [6.07, 6.45) is 1.90. The molecule has 0 aliphatic rings.